The maximum absolute atomic E-state index is 13.1. The summed E-state index contributed by atoms with van der Waals surface area (Å²) >= 11 is 7.46. The lowest BCUT2D eigenvalue weighted by Gasteiger charge is -2.25. The molecule has 1 aliphatic carbocycles. The van der Waals surface area contributed by atoms with Crippen molar-refractivity contribution in [2.75, 3.05) is 18.4 Å². The second kappa shape index (κ2) is 8.03. The smallest absolute Gasteiger partial charge is 0.251 e. The highest BCUT2D eigenvalue weighted by Crippen LogP contribution is 2.50. The van der Waals surface area contributed by atoms with Crippen LogP contribution >= 0.6 is 35.3 Å². The number of nitrogens with one attached hydrogen (secondary N) is 1. The lowest BCUT2D eigenvalue weighted by Crippen LogP contribution is -2.30. The van der Waals surface area contributed by atoms with Gasteiger partial charge in [0, 0.05) is 23.0 Å². The molecule has 150 valence electrons. The molecule has 0 bridgehead atoms. The first-order chi connectivity index (χ1) is 12.9. The molecule has 2 heterocycles. The van der Waals surface area contributed by atoms with E-state index >= 15 is 0 Å². The average Bonchev–Trinajstić information content (AvgIpc) is 3.38. The standard InChI is InChI=1S/C20H22ClN3O2S.ClH/c1-2-24-10-7-14-15(11-24)27-18(16(14)17(22)25)23-19(26)20(8-9-20)12-3-5-13(21)6-4-12;/h3-6H,2,7-11H2,1H3,(H2,22,25)(H,23,26);1H. The van der Waals surface area contributed by atoms with E-state index in [1.54, 1.807) is 0 Å². The molecule has 5 nitrogen and oxygen atoms in total. The molecule has 28 heavy (non-hydrogen) atoms. The quantitative estimate of drug-likeness (QED) is 0.739. The summed E-state index contributed by atoms with van der Waals surface area (Å²) in [5, 5.41) is 4.27. The molecule has 1 saturated carbocycles. The number of carbonyl (C=O) groups excluding carboxylic acids is 2. The molecule has 2 aromatic rings. The van der Waals surface area contributed by atoms with Gasteiger partial charge in [0.25, 0.3) is 5.91 Å². The van der Waals surface area contributed by atoms with Gasteiger partial charge in [0.1, 0.15) is 5.00 Å². The van der Waals surface area contributed by atoms with Crippen molar-refractivity contribution in [1.29, 1.82) is 0 Å². The van der Waals surface area contributed by atoms with Crippen LogP contribution < -0.4 is 11.1 Å². The van der Waals surface area contributed by atoms with Crippen LogP contribution in [0.5, 0.6) is 0 Å². The zero-order valence-electron chi connectivity index (χ0n) is 15.6. The first kappa shape index (κ1) is 21.1. The largest absolute Gasteiger partial charge is 0.365 e. The molecule has 2 aliphatic rings. The minimum atomic E-state index is -0.528. The number of thiophene rings is 1. The van der Waals surface area contributed by atoms with Gasteiger partial charge in [-0.25, -0.2) is 0 Å². The Labute approximate surface area is 179 Å². The second-order valence-corrected chi connectivity index (χ2v) is 8.78. The summed E-state index contributed by atoms with van der Waals surface area (Å²) in [4.78, 5) is 28.7. The van der Waals surface area contributed by atoms with Crippen LogP contribution in [0.2, 0.25) is 5.02 Å². The van der Waals surface area contributed by atoms with E-state index < -0.39 is 11.3 Å². The van der Waals surface area contributed by atoms with E-state index in [-0.39, 0.29) is 18.3 Å². The van der Waals surface area contributed by atoms with E-state index in [1.807, 2.05) is 24.3 Å². The number of hydrogen-bond donors (Lipinski definition) is 2. The number of amides is 2. The monoisotopic (exact) mass is 439 g/mol. The van der Waals surface area contributed by atoms with Crippen LogP contribution in [-0.4, -0.2) is 29.8 Å². The van der Waals surface area contributed by atoms with Crippen molar-refractivity contribution in [3.05, 3.63) is 50.9 Å². The van der Waals surface area contributed by atoms with E-state index in [9.17, 15) is 9.59 Å². The molecule has 8 heteroatoms. The van der Waals surface area contributed by atoms with E-state index in [0.717, 1.165) is 54.9 Å². The van der Waals surface area contributed by atoms with Crippen LogP contribution in [0, 0.1) is 0 Å². The minimum Gasteiger partial charge on any atom is -0.365 e. The highest BCUT2D eigenvalue weighted by atomic mass is 35.5. The molecule has 0 spiro atoms. The zero-order chi connectivity index (χ0) is 19.2. The Bertz CT molecular complexity index is 907. The molecule has 0 radical (unpaired) electrons. The summed E-state index contributed by atoms with van der Waals surface area (Å²) in [7, 11) is 0. The van der Waals surface area contributed by atoms with Crippen molar-refractivity contribution in [3.63, 3.8) is 0 Å². The molecule has 1 aromatic heterocycles. The number of benzene rings is 1. The Morgan fingerprint density at radius 1 is 1.29 bits per heavy atom. The topological polar surface area (TPSA) is 75.4 Å². The van der Waals surface area contributed by atoms with E-state index in [2.05, 4.69) is 17.1 Å². The maximum Gasteiger partial charge on any atom is 0.251 e. The molecule has 4 rings (SSSR count). The van der Waals surface area contributed by atoms with Gasteiger partial charge in [-0.2, -0.15) is 0 Å². The lowest BCUT2D eigenvalue weighted by atomic mass is 9.95. The summed E-state index contributed by atoms with van der Waals surface area (Å²) < 4.78 is 0. The van der Waals surface area contributed by atoms with Crippen molar-refractivity contribution < 1.29 is 9.59 Å². The van der Waals surface area contributed by atoms with E-state index in [1.165, 1.54) is 11.3 Å². The molecule has 2 amide bonds. The molecule has 3 N–H and O–H groups in total. The SMILES string of the molecule is CCN1CCc2c(sc(NC(=O)C3(c4ccc(Cl)cc4)CC3)c2C(N)=O)C1.Cl. The number of fused-ring (bicyclic) bond motifs is 1. The summed E-state index contributed by atoms with van der Waals surface area (Å²) in [5.74, 6) is -0.539. The molecule has 1 fully saturated rings. The molecule has 0 atom stereocenters. The van der Waals surface area contributed by atoms with Gasteiger partial charge in [-0.1, -0.05) is 30.7 Å². The normalized spacial score (nSPS) is 17.4. The predicted molar refractivity (Wildman–Crippen MR) is 116 cm³/mol. The minimum absolute atomic E-state index is 0. The van der Waals surface area contributed by atoms with Crippen LogP contribution in [0.4, 0.5) is 5.00 Å². The van der Waals surface area contributed by atoms with Gasteiger partial charge in [-0.15, -0.1) is 23.7 Å². The lowest BCUT2D eigenvalue weighted by molar-refractivity contribution is -0.118. The van der Waals surface area contributed by atoms with Crippen LogP contribution in [0.3, 0.4) is 0 Å². The number of nitrogens with zero attached hydrogens (tertiary/aromatic N) is 1. The summed E-state index contributed by atoms with van der Waals surface area (Å²) in [6.45, 7) is 4.79. The van der Waals surface area contributed by atoms with Crippen LogP contribution in [0.25, 0.3) is 0 Å². The molecule has 1 aliphatic heterocycles. The van der Waals surface area contributed by atoms with Crippen molar-refractivity contribution in [3.8, 4) is 0 Å². The number of likely N-dealkylation sites (N-methyl/N-ethyl adjacent to an activating group) is 1. The third-order valence-electron chi connectivity index (χ3n) is 5.64. The van der Waals surface area contributed by atoms with Crippen LogP contribution in [0.1, 0.15) is 46.1 Å². The van der Waals surface area contributed by atoms with Gasteiger partial charge in [-0.05, 0) is 49.1 Å². The molecular weight excluding hydrogens is 417 g/mol. The molecule has 1 aromatic carbocycles. The van der Waals surface area contributed by atoms with Crippen LogP contribution in [-0.2, 0) is 23.2 Å². The van der Waals surface area contributed by atoms with Gasteiger partial charge < -0.3 is 11.1 Å². The number of nitrogens with two attached hydrogens (primary N) is 1. The number of halogens is 2. The zero-order valence-corrected chi connectivity index (χ0v) is 18.0. The number of carbonyl (C=O) groups is 2. The van der Waals surface area contributed by atoms with Crippen molar-refractivity contribution in [1.82, 2.24) is 4.90 Å². The third kappa shape index (κ3) is 3.66. The van der Waals surface area contributed by atoms with Gasteiger partial charge in [0.15, 0.2) is 0 Å². The predicted octanol–water partition coefficient (Wildman–Crippen LogP) is 3.97. The Kier molecular flexibility index (Phi) is 6.05. The van der Waals surface area contributed by atoms with E-state index in [0.29, 0.717) is 15.6 Å². The van der Waals surface area contributed by atoms with Crippen LogP contribution in [0.15, 0.2) is 24.3 Å². The van der Waals surface area contributed by atoms with Gasteiger partial charge in [-0.3, -0.25) is 14.5 Å². The molecule has 0 unspecified atom stereocenters. The van der Waals surface area contributed by atoms with Crippen molar-refractivity contribution in [2.45, 2.75) is 38.1 Å². The van der Waals surface area contributed by atoms with E-state index in [4.69, 9.17) is 17.3 Å². The van der Waals surface area contributed by atoms with Crippen molar-refractivity contribution >= 4 is 52.2 Å². The highest BCUT2D eigenvalue weighted by molar-refractivity contribution is 7.17. The fourth-order valence-corrected chi connectivity index (χ4v) is 5.25. The molecule has 0 saturated heterocycles. The molecular formula is C20H23Cl2N3O2S. The first-order valence-corrected chi connectivity index (χ1v) is 10.4. The Hall–Kier alpha value is -1.60. The average molecular weight is 440 g/mol. The van der Waals surface area contributed by atoms with Gasteiger partial charge >= 0.3 is 0 Å². The second-order valence-electron chi connectivity index (χ2n) is 7.23. The number of hydrogen-bond acceptors (Lipinski definition) is 4. The number of rotatable bonds is 5. The Morgan fingerprint density at radius 2 is 1.96 bits per heavy atom. The summed E-state index contributed by atoms with van der Waals surface area (Å²) in [5.41, 5.74) is 7.60. The van der Waals surface area contributed by atoms with Gasteiger partial charge in [0.2, 0.25) is 5.91 Å². The Balaban J connectivity index is 0.00000225. The first-order valence-electron chi connectivity index (χ1n) is 9.19. The van der Waals surface area contributed by atoms with Crippen molar-refractivity contribution in [2.24, 2.45) is 5.73 Å². The highest BCUT2D eigenvalue weighted by Gasteiger charge is 2.51. The number of primary amides is 1. The summed E-state index contributed by atoms with van der Waals surface area (Å²) in [6, 6.07) is 7.43. The fourth-order valence-electron chi connectivity index (χ4n) is 3.84. The van der Waals surface area contributed by atoms with Gasteiger partial charge in [0.05, 0.1) is 11.0 Å². The summed E-state index contributed by atoms with van der Waals surface area (Å²) in [6.07, 6.45) is 2.37. The number of anilines is 1. The third-order valence-corrected chi connectivity index (χ3v) is 7.02. The maximum atomic E-state index is 13.1. The Morgan fingerprint density at radius 3 is 2.54 bits per heavy atom. The fraction of sp³-hybridized carbons (Fsp3) is 0.400.